The highest BCUT2D eigenvalue weighted by molar-refractivity contribution is 6.31. The summed E-state index contributed by atoms with van der Waals surface area (Å²) in [5.41, 5.74) is 1.21. The standard InChI is InChI=1S/C17H16ClFN2O3/c1-24-13-5-2-11(3-6-13)10-20-16(22)9-17(23)21-12-4-7-15(19)14(18)8-12/h2-8H,9-10H2,1H3,(H,20,22)(H,21,23). The van der Waals surface area contributed by atoms with E-state index in [1.807, 2.05) is 12.1 Å². The minimum absolute atomic E-state index is 0.100. The molecule has 126 valence electrons. The lowest BCUT2D eigenvalue weighted by molar-refractivity contribution is -0.126. The van der Waals surface area contributed by atoms with Crippen molar-refractivity contribution >= 4 is 29.1 Å². The number of carbonyl (C=O) groups is 2. The van der Waals surface area contributed by atoms with Gasteiger partial charge in [-0.15, -0.1) is 0 Å². The number of carbonyl (C=O) groups excluding carboxylic acids is 2. The van der Waals surface area contributed by atoms with Gasteiger partial charge in [0.15, 0.2) is 0 Å². The number of benzene rings is 2. The zero-order chi connectivity index (χ0) is 17.5. The number of methoxy groups -OCH3 is 1. The first-order valence-corrected chi connectivity index (χ1v) is 7.50. The molecule has 0 atom stereocenters. The molecule has 2 rings (SSSR count). The Balaban J connectivity index is 1.80. The fourth-order valence-electron chi connectivity index (χ4n) is 1.93. The Morgan fingerprint density at radius 2 is 1.83 bits per heavy atom. The minimum atomic E-state index is -0.577. The SMILES string of the molecule is COc1ccc(CNC(=O)CC(=O)Nc2ccc(F)c(Cl)c2)cc1. The van der Waals surface area contributed by atoms with E-state index in [2.05, 4.69) is 10.6 Å². The van der Waals surface area contributed by atoms with Crippen LogP contribution in [0.15, 0.2) is 42.5 Å². The average molecular weight is 351 g/mol. The molecule has 0 spiro atoms. The highest BCUT2D eigenvalue weighted by Gasteiger charge is 2.10. The van der Waals surface area contributed by atoms with Crippen molar-refractivity contribution in [1.29, 1.82) is 0 Å². The maximum atomic E-state index is 13.0. The summed E-state index contributed by atoms with van der Waals surface area (Å²) in [6.45, 7) is 0.304. The van der Waals surface area contributed by atoms with Crippen molar-refractivity contribution in [3.05, 3.63) is 58.9 Å². The van der Waals surface area contributed by atoms with Crippen LogP contribution in [0.2, 0.25) is 5.02 Å². The van der Waals surface area contributed by atoms with E-state index in [1.165, 1.54) is 12.1 Å². The lowest BCUT2D eigenvalue weighted by Crippen LogP contribution is -2.27. The summed E-state index contributed by atoms with van der Waals surface area (Å²) in [7, 11) is 1.57. The fourth-order valence-corrected chi connectivity index (χ4v) is 2.11. The summed E-state index contributed by atoms with van der Waals surface area (Å²) in [6.07, 6.45) is -0.342. The highest BCUT2D eigenvalue weighted by atomic mass is 35.5. The second-order valence-electron chi connectivity index (χ2n) is 4.98. The van der Waals surface area contributed by atoms with Gasteiger partial charge in [0.2, 0.25) is 11.8 Å². The van der Waals surface area contributed by atoms with Gasteiger partial charge >= 0.3 is 0 Å². The predicted molar refractivity (Wildman–Crippen MR) is 89.5 cm³/mol. The molecule has 0 saturated carbocycles. The van der Waals surface area contributed by atoms with Crippen molar-refractivity contribution in [2.24, 2.45) is 0 Å². The topological polar surface area (TPSA) is 67.4 Å². The van der Waals surface area contributed by atoms with Crippen LogP contribution in [0.1, 0.15) is 12.0 Å². The first kappa shape index (κ1) is 17.7. The molecule has 0 bridgehead atoms. The second kappa shape index (κ2) is 8.31. The zero-order valence-electron chi connectivity index (χ0n) is 12.9. The summed E-state index contributed by atoms with van der Waals surface area (Å²) in [5.74, 6) is -0.782. The number of hydrogen-bond donors (Lipinski definition) is 2. The normalized spacial score (nSPS) is 10.1. The lowest BCUT2D eigenvalue weighted by atomic mass is 10.2. The van der Waals surface area contributed by atoms with Gasteiger partial charge in [-0.1, -0.05) is 23.7 Å². The first-order valence-electron chi connectivity index (χ1n) is 7.12. The van der Waals surface area contributed by atoms with E-state index < -0.39 is 17.6 Å². The van der Waals surface area contributed by atoms with E-state index in [0.717, 1.165) is 17.4 Å². The lowest BCUT2D eigenvalue weighted by Gasteiger charge is -2.08. The molecule has 5 nitrogen and oxygen atoms in total. The molecule has 0 aliphatic rings. The van der Waals surface area contributed by atoms with Crippen molar-refractivity contribution < 1.29 is 18.7 Å². The Labute approximate surface area is 143 Å². The van der Waals surface area contributed by atoms with Gasteiger partial charge in [-0.2, -0.15) is 0 Å². The van der Waals surface area contributed by atoms with E-state index in [0.29, 0.717) is 12.2 Å². The van der Waals surface area contributed by atoms with Crippen LogP contribution < -0.4 is 15.4 Å². The molecule has 0 heterocycles. The monoisotopic (exact) mass is 350 g/mol. The van der Waals surface area contributed by atoms with Crippen LogP contribution in [-0.4, -0.2) is 18.9 Å². The van der Waals surface area contributed by atoms with Gasteiger partial charge in [-0.05, 0) is 35.9 Å². The van der Waals surface area contributed by atoms with Gasteiger partial charge < -0.3 is 15.4 Å². The van der Waals surface area contributed by atoms with E-state index in [4.69, 9.17) is 16.3 Å². The van der Waals surface area contributed by atoms with Crippen LogP contribution >= 0.6 is 11.6 Å². The van der Waals surface area contributed by atoms with Crippen LogP contribution in [0.3, 0.4) is 0 Å². The number of anilines is 1. The Kier molecular flexibility index (Phi) is 6.14. The number of ether oxygens (including phenoxy) is 1. The average Bonchev–Trinajstić information content (AvgIpc) is 2.56. The van der Waals surface area contributed by atoms with Gasteiger partial charge in [-0.3, -0.25) is 9.59 Å². The highest BCUT2D eigenvalue weighted by Crippen LogP contribution is 2.19. The molecular formula is C17H16ClFN2O3. The number of halogens is 2. The molecule has 0 aliphatic carbocycles. The van der Waals surface area contributed by atoms with E-state index >= 15 is 0 Å². The number of rotatable bonds is 6. The van der Waals surface area contributed by atoms with Crippen molar-refractivity contribution in [3.8, 4) is 5.75 Å². The molecule has 0 aromatic heterocycles. The number of hydrogen-bond acceptors (Lipinski definition) is 3. The van der Waals surface area contributed by atoms with Crippen molar-refractivity contribution in [3.63, 3.8) is 0 Å². The summed E-state index contributed by atoms with van der Waals surface area (Å²) >= 11 is 5.63. The fraction of sp³-hybridized carbons (Fsp3) is 0.176. The number of nitrogens with one attached hydrogen (secondary N) is 2. The summed E-state index contributed by atoms with van der Waals surface area (Å²) in [5, 5.41) is 5.03. The van der Waals surface area contributed by atoms with Crippen molar-refractivity contribution in [2.75, 3.05) is 12.4 Å². The third-order valence-corrected chi connectivity index (χ3v) is 3.46. The molecule has 7 heteroatoms. The Morgan fingerprint density at radius 3 is 2.46 bits per heavy atom. The van der Waals surface area contributed by atoms with E-state index in [9.17, 15) is 14.0 Å². The molecule has 2 aromatic rings. The largest absolute Gasteiger partial charge is 0.497 e. The molecule has 24 heavy (non-hydrogen) atoms. The molecule has 2 N–H and O–H groups in total. The Morgan fingerprint density at radius 1 is 1.12 bits per heavy atom. The zero-order valence-corrected chi connectivity index (χ0v) is 13.7. The van der Waals surface area contributed by atoms with Gasteiger partial charge in [0.1, 0.15) is 18.0 Å². The molecule has 2 amide bonds. The van der Waals surface area contributed by atoms with E-state index in [-0.39, 0.29) is 11.4 Å². The van der Waals surface area contributed by atoms with Gasteiger partial charge in [0.05, 0.1) is 12.1 Å². The van der Waals surface area contributed by atoms with Crippen molar-refractivity contribution in [1.82, 2.24) is 5.32 Å². The molecule has 0 radical (unpaired) electrons. The van der Waals surface area contributed by atoms with Gasteiger partial charge in [-0.25, -0.2) is 4.39 Å². The molecule has 0 fully saturated rings. The Bertz CT molecular complexity index is 735. The van der Waals surface area contributed by atoms with Crippen LogP contribution in [-0.2, 0) is 16.1 Å². The number of amides is 2. The van der Waals surface area contributed by atoms with Crippen LogP contribution in [0.4, 0.5) is 10.1 Å². The van der Waals surface area contributed by atoms with Crippen LogP contribution in [0, 0.1) is 5.82 Å². The van der Waals surface area contributed by atoms with Gasteiger partial charge in [0.25, 0.3) is 0 Å². The minimum Gasteiger partial charge on any atom is -0.497 e. The summed E-state index contributed by atoms with van der Waals surface area (Å²) < 4.78 is 18.1. The van der Waals surface area contributed by atoms with Crippen LogP contribution in [0.25, 0.3) is 0 Å². The smallest absolute Gasteiger partial charge is 0.233 e. The second-order valence-corrected chi connectivity index (χ2v) is 5.39. The first-order chi connectivity index (χ1) is 11.5. The molecule has 2 aromatic carbocycles. The predicted octanol–water partition coefficient (Wildman–Crippen LogP) is 3.13. The van der Waals surface area contributed by atoms with E-state index in [1.54, 1.807) is 19.2 Å². The maximum Gasteiger partial charge on any atom is 0.233 e. The van der Waals surface area contributed by atoms with Crippen LogP contribution in [0.5, 0.6) is 5.75 Å². The molecule has 0 saturated heterocycles. The van der Waals surface area contributed by atoms with Gasteiger partial charge in [0, 0.05) is 12.2 Å². The Hall–Kier alpha value is -2.60. The van der Waals surface area contributed by atoms with Crippen molar-refractivity contribution in [2.45, 2.75) is 13.0 Å². The third-order valence-electron chi connectivity index (χ3n) is 3.17. The summed E-state index contributed by atoms with van der Waals surface area (Å²) in [6, 6.07) is 11.0. The summed E-state index contributed by atoms with van der Waals surface area (Å²) in [4.78, 5) is 23.6. The third kappa shape index (κ3) is 5.24. The maximum absolute atomic E-state index is 13.0. The quantitative estimate of drug-likeness (QED) is 0.786. The molecule has 0 aliphatic heterocycles. The molecular weight excluding hydrogens is 335 g/mol. The molecule has 0 unspecified atom stereocenters.